The molecule has 0 spiro atoms. The van der Waals surface area contributed by atoms with E-state index in [1.807, 2.05) is 0 Å². The number of aromatic nitrogens is 2. The molecule has 2 aliphatic rings. The van der Waals surface area contributed by atoms with E-state index in [2.05, 4.69) is 10.4 Å². The van der Waals surface area contributed by atoms with Crippen LogP contribution in [0.3, 0.4) is 0 Å². The van der Waals surface area contributed by atoms with E-state index >= 15 is 0 Å². The molecule has 2 aromatic carbocycles. The summed E-state index contributed by atoms with van der Waals surface area (Å²) in [6.45, 7) is 0.447. The number of aliphatic hydroxyl groups excluding tert-OH is 1. The fraction of sp³-hybridized carbons (Fsp3) is 0.320. The molecule has 3 heterocycles. The minimum absolute atomic E-state index is 0.00354. The Kier molecular flexibility index (Phi) is 7.06. The molecule has 2 fully saturated rings. The molecule has 2 N–H and O–H groups in total. The number of alkyl halides is 3. The smallest absolute Gasteiger partial charge is 0.395 e. The first kappa shape index (κ1) is 25.8. The first-order valence-electron chi connectivity index (χ1n) is 11.6. The Morgan fingerprint density at radius 2 is 2.03 bits per heavy atom. The Bertz CT molecular complexity index is 1410. The molecule has 0 bridgehead atoms. The van der Waals surface area contributed by atoms with Crippen LogP contribution in [0.25, 0.3) is 17.0 Å². The number of carbonyl (C=O) groups is 2. The van der Waals surface area contributed by atoms with E-state index < -0.39 is 11.7 Å². The summed E-state index contributed by atoms with van der Waals surface area (Å²) >= 11 is 6.66. The molecule has 3 aromatic rings. The van der Waals surface area contributed by atoms with Crippen molar-refractivity contribution in [2.75, 3.05) is 13.2 Å². The predicted molar refractivity (Wildman–Crippen MR) is 135 cm³/mol. The van der Waals surface area contributed by atoms with Crippen molar-refractivity contribution in [2.24, 2.45) is 0 Å². The van der Waals surface area contributed by atoms with E-state index in [0.717, 1.165) is 17.8 Å². The lowest BCUT2D eigenvalue weighted by molar-refractivity contribution is -0.138. The Labute approximate surface area is 219 Å². The highest BCUT2D eigenvalue weighted by molar-refractivity contribution is 8.18. The lowest BCUT2D eigenvalue weighted by Gasteiger charge is -2.33. The average Bonchev–Trinajstić information content (AvgIpc) is 3.38. The summed E-state index contributed by atoms with van der Waals surface area (Å²) in [6.07, 6.45) is -0.251. The van der Waals surface area contributed by atoms with Gasteiger partial charge in [-0.2, -0.15) is 18.3 Å². The lowest BCUT2D eigenvalue weighted by atomic mass is 9.98. The molecule has 2 aliphatic heterocycles. The Hall–Kier alpha value is -2.86. The second-order valence-electron chi connectivity index (χ2n) is 8.98. The van der Waals surface area contributed by atoms with Gasteiger partial charge in [0.25, 0.3) is 11.1 Å². The third-order valence-electron chi connectivity index (χ3n) is 6.54. The zero-order valence-corrected chi connectivity index (χ0v) is 20.9. The van der Waals surface area contributed by atoms with Crippen LogP contribution in [0.2, 0.25) is 5.02 Å². The molecule has 5 rings (SSSR count). The van der Waals surface area contributed by atoms with Crippen LogP contribution in [0, 0.1) is 0 Å². The second kappa shape index (κ2) is 10.1. The first-order chi connectivity index (χ1) is 17.6. The number of imide groups is 1. The van der Waals surface area contributed by atoms with Gasteiger partial charge in [0.05, 0.1) is 35.3 Å². The summed E-state index contributed by atoms with van der Waals surface area (Å²) < 4.78 is 42.0. The minimum Gasteiger partial charge on any atom is -0.395 e. The highest BCUT2D eigenvalue weighted by atomic mass is 35.5. The molecule has 7 nitrogen and oxygen atoms in total. The van der Waals surface area contributed by atoms with Gasteiger partial charge in [-0.3, -0.25) is 19.2 Å². The van der Waals surface area contributed by atoms with Gasteiger partial charge in [0.2, 0.25) is 0 Å². The fourth-order valence-electron chi connectivity index (χ4n) is 4.74. The van der Waals surface area contributed by atoms with Crippen molar-refractivity contribution in [3.8, 4) is 0 Å². The van der Waals surface area contributed by atoms with Crippen molar-refractivity contribution in [2.45, 2.75) is 37.6 Å². The number of nitrogens with one attached hydrogen (secondary N) is 1. The summed E-state index contributed by atoms with van der Waals surface area (Å²) in [7, 11) is 0. The first-order valence-corrected chi connectivity index (χ1v) is 12.8. The summed E-state index contributed by atoms with van der Waals surface area (Å²) in [5.74, 6) is -0.364. The predicted octanol–water partition coefficient (Wildman–Crippen LogP) is 4.91. The maximum absolute atomic E-state index is 13.5. The maximum Gasteiger partial charge on any atom is 0.416 e. The number of amides is 2. The minimum atomic E-state index is -4.55. The number of halogens is 4. The van der Waals surface area contributed by atoms with Gasteiger partial charge in [-0.05, 0) is 72.6 Å². The van der Waals surface area contributed by atoms with Crippen LogP contribution in [0.4, 0.5) is 18.0 Å². The topological polar surface area (TPSA) is 87.5 Å². The van der Waals surface area contributed by atoms with E-state index in [1.165, 1.54) is 21.7 Å². The SMILES string of the molecule is O=C1SC(=Cc2ccc3c(cnn3Cc3ccc(Cl)cc3C(F)(F)F)c2)C(=O)N1C1CCN[C@@H](CO)C1. The van der Waals surface area contributed by atoms with Gasteiger partial charge in [0.15, 0.2) is 0 Å². The summed E-state index contributed by atoms with van der Waals surface area (Å²) in [4.78, 5) is 27.2. The van der Waals surface area contributed by atoms with Crippen molar-refractivity contribution in [3.63, 3.8) is 0 Å². The van der Waals surface area contributed by atoms with Gasteiger partial charge in [-0.25, -0.2) is 0 Å². The Balaban J connectivity index is 1.38. The summed E-state index contributed by atoms with van der Waals surface area (Å²) in [5, 5.41) is 17.2. The zero-order chi connectivity index (χ0) is 26.3. The van der Waals surface area contributed by atoms with Gasteiger partial charge in [-0.1, -0.05) is 23.7 Å². The van der Waals surface area contributed by atoms with Crippen LogP contribution in [-0.2, 0) is 17.5 Å². The number of carbonyl (C=O) groups excluding carboxylic acids is 2. The van der Waals surface area contributed by atoms with E-state index in [9.17, 15) is 27.9 Å². The third-order valence-corrected chi connectivity index (χ3v) is 7.66. The van der Waals surface area contributed by atoms with Crippen molar-refractivity contribution in [1.82, 2.24) is 20.0 Å². The number of benzene rings is 2. The van der Waals surface area contributed by atoms with Crippen molar-refractivity contribution in [3.05, 3.63) is 69.2 Å². The molecule has 37 heavy (non-hydrogen) atoms. The van der Waals surface area contributed by atoms with Crippen LogP contribution in [0.5, 0.6) is 0 Å². The number of nitrogens with zero attached hydrogens (tertiary/aromatic N) is 3. The molecule has 1 unspecified atom stereocenters. The second-order valence-corrected chi connectivity index (χ2v) is 10.4. The van der Waals surface area contributed by atoms with Crippen molar-refractivity contribution < 1.29 is 27.9 Å². The van der Waals surface area contributed by atoms with Crippen LogP contribution in [-0.4, -0.2) is 56.2 Å². The lowest BCUT2D eigenvalue weighted by Crippen LogP contribution is -2.50. The van der Waals surface area contributed by atoms with E-state index in [0.29, 0.717) is 40.8 Å². The van der Waals surface area contributed by atoms with Crippen LogP contribution >= 0.6 is 23.4 Å². The number of hydrogen-bond acceptors (Lipinski definition) is 6. The van der Waals surface area contributed by atoms with Crippen LogP contribution in [0.15, 0.2) is 47.5 Å². The normalized spacial score (nSPS) is 22.0. The van der Waals surface area contributed by atoms with E-state index in [4.69, 9.17) is 11.6 Å². The Morgan fingerprint density at radius 3 is 2.78 bits per heavy atom. The molecular weight excluding hydrogens is 529 g/mol. The number of hydrogen-bond donors (Lipinski definition) is 2. The van der Waals surface area contributed by atoms with Gasteiger partial charge in [0, 0.05) is 22.5 Å². The molecule has 194 valence electrons. The molecule has 12 heteroatoms. The molecule has 0 aliphatic carbocycles. The van der Waals surface area contributed by atoms with Crippen molar-refractivity contribution in [1.29, 1.82) is 0 Å². The highest BCUT2D eigenvalue weighted by Crippen LogP contribution is 2.37. The molecule has 2 amide bonds. The number of fused-ring (bicyclic) bond motifs is 1. The summed E-state index contributed by atoms with van der Waals surface area (Å²) in [5.41, 5.74) is 0.521. The zero-order valence-electron chi connectivity index (χ0n) is 19.3. The number of thioether (sulfide) groups is 1. The highest BCUT2D eigenvalue weighted by Gasteiger charge is 2.41. The Morgan fingerprint density at radius 1 is 1.22 bits per heavy atom. The quantitative estimate of drug-likeness (QED) is 0.439. The maximum atomic E-state index is 13.5. The fourth-order valence-corrected chi connectivity index (χ4v) is 5.81. The number of piperidine rings is 1. The largest absolute Gasteiger partial charge is 0.416 e. The third kappa shape index (κ3) is 5.26. The molecule has 0 saturated carbocycles. The van der Waals surface area contributed by atoms with Gasteiger partial charge < -0.3 is 10.4 Å². The van der Waals surface area contributed by atoms with Crippen LogP contribution < -0.4 is 5.32 Å². The summed E-state index contributed by atoms with van der Waals surface area (Å²) in [6, 6.07) is 8.45. The molecule has 2 saturated heterocycles. The van der Waals surface area contributed by atoms with E-state index in [-0.39, 0.29) is 47.0 Å². The average molecular weight is 551 g/mol. The van der Waals surface area contributed by atoms with Gasteiger partial charge >= 0.3 is 6.18 Å². The number of aliphatic hydroxyl groups is 1. The molecule has 2 atom stereocenters. The number of rotatable bonds is 5. The standard InChI is InChI=1S/C25H22ClF3N4O3S/c26-17-3-2-15(20(9-17)25(27,28)29)12-32-21-4-1-14(7-16(21)11-31-32)8-22-23(35)33(24(36)37-22)19-5-6-30-18(10-19)13-34/h1-4,7-9,11,18-19,30,34H,5-6,10,12-13H2/t18-,19?/m1/s1. The van der Waals surface area contributed by atoms with Crippen LogP contribution in [0.1, 0.15) is 29.5 Å². The monoisotopic (exact) mass is 550 g/mol. The molecule has 0 radical (unpaired) electrons. The van der Waals surface area contributed by atoms with Gasteiger partial charge in [-0.15, -0.1) is 0 Å². The molecular formula is C25H22ClF3N4O3S. The van der Waals surface area contributed by atoms with E-state index in [1.54, 1.807) is 30.5 Å². The van der Waals surface area contributed by atoms with Crippen molar-refractivity contribution >= 4 is 51.5 Å². The molecule has 1 aromatic heterocycles. The van der Waals surface area contributed by atoms with Gasteiger partial charge in [0.1, 0.15) is 0 Å².